The number of primary amides is 1. The summed E-state index contributed by atoms with van der Waals surface area (Å²) in [5.41, 5.74) is 5.71. The maximum atomic E-state index is 14.9. The van der Waals surface area contributed by atoms with Crippen LogP contribution in [0.25, 0.3) is 26.3 Å². The van der Waals surface area contributed by atoms with Crippen LogP contribution >= 0.6 is 11.3 Å². The molecule has 0 radical (unpaired) electrons. The van der Waals surface area contributed by atoms with Crippen LogP contribution in [0.1, 0.15) is 12.5 Å². The zero-order valence-electron chi connectivity index (χ0n) is 21.8. The summed E-state index contributed by atoms with van der Waals surface area (Å²) in [6, 6.07) is 14.5. The van der Waals surface area contributed by atoms with Crippen molar-refractivity contribution in [3.8, 4) is 16.1 Å². The number of nitrogens with one attached hydrogen (secondary N) is 2. The molecule has 40 heavy (non-hydrogen) atoms. The number of amides is 2. The number of carbonyl (C=O) groups excluding carboxylic acids is 1. The predicted molar refractivity (Wildman–Crippen MR) is 156 cm³/mol. The van der Waals surface area contributed by atoms with Crippen LogP contribution in [0, 0.1) is 0 Å². The van der Waals surface area contributed by atoms with Gasteiger partial charge in [-0.2, -0.15) is 0 Å². The van der Waals surface area contributed by atoms with Gasteiger partial charge in [0.05, 0.1) is 17.6 Å². The van der Waals surface area contributed by atoms with Gasteiger partial charge in [0.1, 0.15) is 16.5 Å². The number of halogens is 2. The van der Waals surface area contributed by atoms with Crippen molar-refractivity contribution in [2.45, 2.75) is 20.0 Å². The molecule has 0 spiro atoms. The Morgan fingerprint density at radius 1 is 1.10 bits per heavy atom. The number of hydrogen-bond acceptors (Lipinski definition) is 5. The highest BCUT2D eigenvalue weighted by atomic mass is 32.1. The van der Waals surface area contributed by atoms with Crippen LogP contribution in [0.2, 0.25) is 0 Å². The van der Waals surface area contributed by atoms with E-state index in [1.807, 2.05) is 0 Å². The first kappa shape index (κ1) is 28.4. The molecule has 2 amide bonds. The van der Waals surface area contributed by atoms with Gasteiger partial charge in [-0.1, -0.05) is 43.0 Å². The highest BCUT2D eigenvalue weighted by Crippen LogP contribution is 2.38. The van der Waals surface area contributed by atoms with Gasteiger partial charge >= 0.3 is 11.7 Å². The molecular formula is C29H27F2N5O3S. The number of para-hydroxylation sites is 1. The molecular weight excluding hydrogens is 536 g/mol. The molecule has 0 atom stereocenters. The molecule has 2 heterocycles. The van der Waals surface area contributed by atoms with Gasteiger partial charge in [-0.05, 0) is 55.4 Å². The molecule has 0 saturated carbocycles. The number of carbonyl (C=O) groups is 1. The quantitative estimate of drug-likeness (QED) is 0.238. The van der Waals surface area contributed by atoms with E-state index in [-0.39, 0.29) is 22.3 Å². The first-order valence-corrected chi connectivity index (χ1v) is 13.0. The second-order valence-corrected chi connectivity index (χ2v) is 9.79. The number of benzene rings is 2. The zero-order chi connectivity index (χ0) is 29.0. The van der Waals surface area contributed by atoms with E-state index in [0.29, 0.717) is 27.4 Å². The van der Waals surface area contributed by atoms with Crippen LogP contribution in [0.15, 0.2) is 100 Å². The summed E-state index contributed by atoms with van der Waals surface area (Å²) in [6.45, 7) is 4.38. The van der Waals surface area contributed by atoms with Gasteiger partial charge in [-0.25, -0.2) is 22.9 Å². The topological polar surface area (TPSA) is 111 Å². The Hall–Kier alpha value is -4.61. The summed E-state index contributed by atoms with van der Waals surface area (Å²) in [5.74, 6) is -1.69. The number of thiophene rings is 1. The van der Waals surface area contributed by atoms with Crippen LogP contribution < -0.4 is 27.6 Å². The monoisotopic (exact) mass is 563 g/mol. The second kappa shape index (κ2) is 12.1. The number of fused-ring (bicyclic) bond motifs is 1. The van der Waals surface area contributed by atoms with Crippen LogP contribution in [-0.4, -0.2) is 22.2 Å². The van der Waals surface area contributed by atoms with Gasteiger partial charge in [0.25, 0.3) is 5.56 Å². The fraction of sp³-hybridized carbons (Fsp3) is 0.138. The lowest BCUT2D eigenvalue weighted by molar-refractivity contribution is 0.259. The minimum absolute atomic E-state index is 0.251. The third-order valence-corrected chi connectivity index (χ3v) is 7.44. The average molecular weight is 564 g/mol. The molecule has 0 fully saturated rings. The van der Waals surface area contributed by atoms with E-state index in [1.165, 1.54) is 10.6 Å². The minimum atomic E-state index is -0.878. The van der Waals surface area contributed by atoms with Gasteiger partial charge in [-0.3, -0.25) is 9.36 Å². The van der Waals surface area contributed by atoms with E-state index in [9.17, 15) is 23.2 Å². The van der Waals surface area contributed by atoms with E-state index >= 15 is 0 Å². The number of aromatic nitrogens is 2. The van der Waals surface area contributed by atoms with Crippen molar-refractivity contribution in [2.24, 2.45) is 5.73 Å². The van der Waals surface area contributed by atoms with Crippen molar-refractivity contribution in [1.29, 1.82) is 0 Å². The molecule has 4 N–H and O–H groups in total. The Balaban J connectivity index is 2.08. The van der Waals surface area contributed by atoms with Crippen molar-refractivity contribution >= 4 is 33.3 Å². The molecule has 0 aliphatic carbocycles. The van der Waals surface area contributed by atoms with Crippen LogP contribution in [-0.2, 0) is 13.1 Å². The smallest absolute Gasteiger partial charge is 0.337 e. The summed E-state index contributed by atoms with van der Waals surface area (Å²) < 4.78 is 31.7. The molecule has 2 aromatic heterocycles. The number of hydrogen-bond donors (Lipinski definition) is 3. The predicted octanol–water partition coefficient (Wildman–Crippen LogP) is 5.37. The normalized spacial score (nSPS) is 12.3. The number of rotatable bonds is 9. The maximum absolute atomic E-state index is 14.9. The van der Waals surface area contributed by atoms with Crippen molar-refractivity contribution in [2.75, 3.05) is 12.4 Å². The van der Waals surface area contributed by atoms with Gasteiger partial charge in [0.15, 0.2) is 0 Å². The molecule has 2 aromatic carbocycles. The number of nitrogens with two attached hydrogens (primary N) is 1. The lowest BCUT2D eigenvalue weighted by Crippen LogP contribution is -2.39. The second-order valence-electron chi connectivity index (χ2n) is 8.79. The van der Waals surface area contributed by atoms with Gasteiger partial charge < -0.3 is 16.4 Å². The average Bonchev–Trinajstić information content (AvgIpc) is 3.29. The highest BCUT2D eigenvalue weighted by molar-refractivity contribution is 7.22. The molecule has 4 rings (SSSR count). The molecule has 206 valence electrons. The summed E-state index contributed by atoms with van der Waals surface area (Å²) in [4.78, 5) is 40.0. The Morgan fingerprint density at radius 2 is 1.77 bits per heavy atom. The van der Waals surface area contributed by atoms with Crippen molar-refractivity contribution < 1.29 is 13.6 Å². The lowest BCUT2D eigenvalue weighted by atomic mass is 10.1. The lowest BCUT2D eigenvalue weighted by Gasteiger charge is -2.14. The maximum Gasteiger partial charge on any atom is 0.337 e. The molecule has 0 bridgehead atoms. The number of nitrogens with zero attached hydrogens (tertiary/aromatic N) is 2. The number of anilines is 1. The minimum Gasteiger partial charge on any atom is -0.351 e. The van der Waals surface area contributed by atoms with E-state index in [0.717, 1.165) is 28.9 Å². The standard InChI is InChI=1S/C29H27F2N5O3S/c1-4-8-23(31)22(17(2)30)16-35-27-24(26(37)36(29(35)39)20-9-6-5-7-10-20)21(15-33-3)25(40-27)18-11-13-19(14-12-18)34-28(32)38/h4-14,33H,1,15-16H2,2-3H3,(H3,32,34,38)/b22-17+,23-8+. The Morgan fingerprint density at radius 3 is 2.35 bits per heavy atom. The van der Waals surface area contributed by atoms with Crippen LogP contribution in [0.3, 0.4) is 0 Å². The number of urea groups is 1. The van der Waals surface area contributed by atoms with Crippen molar-refractivity contribution in [3.63, 3.8) is 0 Å². The Kier molecular flexibility index (Phi) is 8.56. The molecule has 8 nitrogen and oxygen atoms in total. The van der Waals surface area contributed by atoms with Gasteiger partial charge in [-0.15, -0.1) is 11.3 Å². The van der Waals surface area contributed by atoms with Gasteiger partial charge in [0, 0.05) is 22.7 Å². The van der Waals surface area contributed by atoms with Crippen LogP contribution in [0.4, 0.5) is 19.3 Å². The molecule has 0 unspecified atom stereocenters. The summed E-state index contributed by atoms with van der Waals surface area (Å²) >= 11 is 1.16. The third-order valence-electron chi connectivity index (χ3n) is 6.14. The summed E-state index contributed by atoms with van der Waals surface area (Å²) in [7, 11) is 1.72. The zero-order valence-corrected chi connectivity index (χ0v) is 22.6. The first-order chi connectivity index (χ1) is 19.2. The largest absolute Gasteiger partial charge is 0.351 e. The summed E-state index contributed by atoms with van der Waals surface area (Å²) in [5, 5.41) is 5.82. The van der Waals surface area contributed by atoms with E-state index in [4.69, 9.17) is 5.73 Å². The van der Waals surface area contributed by atoms with Crippen LogP contribution in [0.5, 0.6) is 0 Å². The van der Waals surface area contributed by atoms with Crippen molar-refractivity contribution in [3.05, 3.63) is 117 Å². The van der Waals surface area contributed by atoms with E-state index < -0.39 is 35.5 Å². The molecule has 11 heteroatoms. The van der Waals surface area contributed by atoms with Gasteiger partial charge in [0.2, 0.25) is 0 Å². The SMILES string of the molecule is C=C/C=C(F)\C(Cn1c(=O)n(-c2ccccc2)c(=O)c2c(CNC)c(-c3ccc(NC(N)=O)cc3)sc21)=C(/C)F. The molecule has 0 aliphatic heterocycles. The summed E-state index contributed by atoms with van der Waals surface area (Å²) in [6.07, 6.45) is 2.20. The Bertz CT molecular complexity index is 1760. The fourth-order valence-electron chi connectivity index (χ4n) is 4.35. The molecule has 4 aromatic rings. The van der Waals surface area contributed by atoms with Crippen molar-refractivity contribution in [1.82, 2.24) is 14.5 Å². The highest BCUT2D eigenvalue weighted by Gasteiger charge is 2.25. The molecule has 0 aliphatic rings. The first-order valence-electron chi connectivity index (χ1n) is 12.2. The Labute approximate surface area is 232 Å². The fourth-order valence-corrected chi connectivity index (χ4v) is 5.66. The number of allylic oxidation sites excluding steroid dienone is 5. The van der Waals surface area contributed by atoms with E-state index in [2.05, 4.69) is 17.2 Å². The third kappa shape index (κ3) is 5.56. The van der Waals surface area contributed by atoms with E-state index in [1.54, 1.807) is 61.6 Å². The molecule has 0 saturated heterocycles.